The van der Waals surface area contributed by atoms with Gasteiger partial charge in [-0.2, -0.15) is 0 Å². The van der Waals surface area contributed by atoms with Crippen LogP contribution in [0.15, 0.2) is 0 Å². The number of nitrogens with zero attached hydrogens (tertiary/aromatic N) is 1. The molecule has 0 spiro atoms. The highest BCUT2D eigenvalue weighted by Gasteiger charge is 2.13. The van der Waals surface area contributed by atoms with Gasteiger partial charge in [-0.25, -0.2) is 4.79 Å². The van der Waals surface area contributed by atoms with Crippen LogP contribution in [-0.4, -0.2) is 49.6 Å². The van der Waals surface area contributed by atoms with E-state index >= 15 is 0 Å². The number of likely N-dealkylation sites (N-methyl/N-ethyl adjacent to an activating group) is 1. The first-order chi connectivity index (χ1) is 6.97. The van der Waals surface area contributed by atoms with E-state index in [4.69, 9.17) is 5.73 Å². The summed E-state index contributed by atoms with van der Waals surface area (Å²) in [5.74, 6) is -0.401. The number of hydrogen-bond donors (Lipinski definition) is 3. The SMILES string of the molecule is CCN(C)CCNC(C)C(=O)NC(N)=O. The van der Waals surface area contributed by atoms with Crippen molar-refractivity contribution in [2.24, 2.45) is 5.73 Å². The number of nitrogens with one attached hydrogen (secondary N) is 2. The summed E-state index contributed by atoms with van der Waals surface area (Å²) < 4.78 is 0. The number of urea groups is 1. The molecule has 4 N–H and O–H groups in total. The fourth-order valence-corrected chi connectivity index (χ4v) is 0.952. The minimum absolute atomic E-state index is 0.401. The predicted octanol–water partition coefficient (Wildman–Crippen LogP) is -0.889. The Morgan fingerprint density at radius 2 is 2.07 bits per heavy atom. The van der Waals surface area contributed by atoms with Gasteiger partial charge in [-0.3, -0.25) is 10.1 Å². The topological polar surface area (TPSA) is 87.5 Å². The summed E-state index contributed by atoms with van der Waals surface area (Å²) in [5, 5.41) is 5.01. The van der Waals surface area contributed by atoms with Crippen molar-refractivity contribution in [2.75, 3.05) is 26.7 Å². The van der Waals surface area contributed by atoms with Crippen molar-refractivity contribution in [1.29, 1.82) is 0 Å². The number of rotatable bonds is 6. The Bertz CT molecular complexity index is 220. The van der Waals surface area contributed by atoms with E-state index in [0.717, 1.165) is 13.1 Å². The molecule has 0 aromatic rings. The van der Waals surface area contributed by atoms with E-state index in [1.54, 1.807) is 6.92 Å². The molecule has 0 aliphatic rings. The predicted molar refractivity (Wildman–Crippen MR) is 58.4 cm³/mol. The van der Waals surface area contributed by atoms with Crippen LogP contribution in [0, 0.1) is 0 Å². The van der Waals surface area contributed by atoms with E-state index < -0.39 is 18.0 Å². The summed E-state index contributed by atoms with van der Waals surface area (Å²) >= 11 is 0. The highest BCUT2D eigenvalue weighted by atomic mass is 16.2. The van der Waals surface area contributed by atoms with Crippen LogP contribution < -0.4 is 16.4 Å². The van der Waals surface area contributed by atoms with Gasteiger partial charge in [0.1, 0.15) is 0 Å². The van der Waals surface area contributed by atoms with Crippen LogP contribution in [0.25, 0.3) is 0 Å². The lowest BCUT2D eigenvalue weighted by Crippen LogP contribution is -2.47. The van der Waals surface area contributed by atoms with Gasteiger partial charge in [-0.15, -0.1) is 0 Å². The smallest absolute Gasteiger partial charge is 0.318 e. The molecular weight excluding hydrogens is 196 g/mol. The van der Waals surface area contributed by atoms with E-state index in [-0.39, 0.29) is 0 Å². The van der Waals surface area contributed by atoms with Gasteiger partial charge in [-0.1, -0.05) is 6.92 Å². The molecule has 3 amide bonds. The van der Waals surface area contributed by atoms with Crippen molar-refractivity contribution in [1.82, 2.24) is 15.5 Å². The summed E-state index contributed by atoms with van der Waals surface area (Å²) in [6.45, 7) is 6.25. The summed E-state index contributed by atoms with van der Waals surface area (Å²) in [4.78, 5) is 23.7. The Labute approximate surface area is 90.2 Å². The molecule has 6 heteroatoms. The van der Waals surface area contributed by atoms with Crippen LogP contribution >= 0.6 is 0 Å². The van der Waals surface area contributed by atoms with Gasteiger partial charge >= 0.3 is 6.03 Å². The van der Waals surface area contributed by atoms with Crippen molar-refractivity contribution in [3.8, 4) is 0 Å². The van der Waals surface area contributed by atoms with Crippen molar-refractivity contribution >= 4 is 11.9 Å². The highest BCUT2D eigenvalue weighted by molar-refractivity contribution is 5.96. The Morgan fingerprint density at radius 3 is 2.53 bits per heavy atom. The number of primary amides is 1. The number of amides is 3. The third-order valence-corrected chi connectivity index (χ3v) is 2.12. The first-order valence-corrected chi connectivity index (χ1v) is 4.99. The van der Waals surface area contributed by atoms with Crippen LogP contribution in [0.2, 0.25) is 0 Å². The zero-order chi connectivity index (χ0) is 11.8. The van der Waals surface area contributed by atoms with Gasteiger partial charge in [-0.05, 0) is 20.5 Å². The molecule has 0 bridgehead atoms. The van der Waals surface area contributed by atoms with E-state index in [1.165, 1.54) is 0 Å². The number of imide groups is 1. The van der Waals surface area contributed by atoms with Crippen molar-refractivity contribution in [2.45, 2.75) is 19.9 Å². The standard InChI is InChI=1S/C9H20N4O2/c1-4-13(3)6-5-11-7(2)8(14)12-9(10)15/h7,11H,4-6H2,1-3H3,(H3,10,12,14,15). The molecule has 1 atom stereocenters. The van der Waals surface area contributed by atoms with Crippen molar-refractivity contribution in [3.05, 3.63) is 0 Å². The molecule has 0 fully saturated rings. The summed E-state index contributed by atoms with van der Waals surface area (Å²) in [6, 6.07) is -1.23. The Hall–Kier alpha value is -1.14. The average Bonchev–Trinajstić information content (AvgIpc) is 2.16. The fraction of sp³-hybridized carbons (Fsp3) is 0.778. The van der Waals surface area contributed by atoms with E-state index in [0.29, 0.717) is 6.54 Å². The Morgan fingerprint density at radius 1 is 1.47 bits per heavy atom. The summed E-state index contributed by atoms with van der Waals surface area (Å²) in [6.07, 6.45) is 0. The van der Waals surface area contributed by atoms with Crippen LogP contribution in [0.3, 0.4) is 0 Å². The van der Waals surface area contributed by atoms with Gasteiger partial charge in [0.05, 0.1) is 6.04 Å². The maximum Gasteiger partial charge on any atom is 0.318 e. The molecule has 0 aliphatic carbocycles. The van der Waals surface area contributed by atoms with Crippen LogP contribution in [0.1, 0.15) is 13.8 Å². The molecule has 0 heterocycles. The Kier molecular flexibility index (Phi) is 6.64. The van der Waals surface area contributed by atoms with E-state index in [1.807, 2.05) is 12.4 Å². The normalized spacial score (nSPS) is 12.5. The van der Waals surface area contributed by atoms with Crippen LogP contribution in [0.5, 0.6) is 0 Å². The van der Waals surface area contributed by atoms with Gasteiger partial charge in [0.25, 0.3) is 0 Å². The maximum absolute atomic E-state index is 11.2. The monoisotopic (exact) mass is 216 g/mol. The van der Waals surface area contributed by atoms with E-state index in [2.05, 4.69) is 17.1 Å². The molecule has 1 unspecified atom stereocenters. The van der Waals surface area contributed by atoms with Gasteiger partial charge in [0, 0.05) is 13.1 Å². The molecule has 0 aromatic heterocycles. The first-order valence-electron chi connectivity index (χ1n) is 4.99. The van der Waals surface area contributed by atoms with E-state index in [9.17, 15) is 9.59 Å². The molecule has 0 aliphatic heterocycles. The van der Waals surface area contributed by atoms with Gasteiger partial charge in [0.15, 0.2) is 0 Å². The molecule has 0 radical (unpaired) electrons. The van der Waals surface area contributed by atoms with Gasteiger partial charge < -0.3 is 16.0 Å². The molecule has 0 aromatic carbocycles. The van der Waals surface area contributed by atoms with Crippen molar-refractivity contribution in [3.63, 3.8) is 0 Å². The zero-order valence-electron chi connectivity index (χ0n) is 9.54. The van der Waals surface area contributed by atoms with Gasteiger partial charge in [0.2, 0.25) is 5.91 Å². The summed E-state index contributed by atoms with van der Waals surface area (Å²) in [5.41, 5.74) is 4.82. The molecule has 0 saturated heterocycles. The van der Waals surface area contributed by atoms with Crippen LogP contribution in [-0.2, 0) is 4.79 Å². The minimum atomic E-state index is -0.820. The minimum Gasteiger partial charge on any atom is -0.351 e. The lowest BCUT2D eigenvalue weighted by molar-refractivity contribution is -0.121. The highest BCUT2D eigenvalue weighted by Crippen LogP contribution is 1.83. The third-order valence-electron chi connectivity index (χ3n) is 2.12. The molecule has 0 rings (SSSR count). The largest absolute Gasteiger partial charge is 0.351 e. The number of carbonyl (C=O) groups is 2. The molecule has 0 saturated carbocycles. The lowest BCUT2D eigenvalue weighted by atomic mass is 10.3. The summed E-state index contributed by atoms with van der Waals surface area (Å²) in [7, 11) is 2.00. The molecule has 88 valence electrons. The van der Waals surface area contributed by atoms with Crippen LogP contribution in [0.4, 0.5) is 4.79 Å². The molecule has 6 nitrogen and oxygen atoms in total. The second-order valence-corrected chi connectivity index (χ2v) is 3.43. The average molecular weight is 216 g/mol. The zero-order valence-corrected chi connectivity index (χ0v) is 9.54. The maximum atomic E-state index is 11.2. The first kappa shape index (κ1) is 13.9. The Balaban J connectivity index is 3.68. The van der Waals surface area contributed by atoms with Crippen molar-refractivity contribution < 1.29 is 9.59 Å². The fourth-order valence-electron chi connectivity index (χ4n) is 0.952. The quantitative estimate of drug-likeness (QED) is 0.537. The molecule has 15 heavy (non-hydrogen) atoms. The molecular formula is C9H20N4O2. The number of carbonyl (C=O) groups excluding carboxylic acids is 2. The number of nitrogens with two attached hydrogens (primary N) is 1. The third kappa shape index (κ3) is 6.87. The lowest BCUT2D eigenvalue weighted by Gasteiger charge is -2.16. The second-order valence-electron chi connectivity index (χ2n) is 3.43. The second kappa shape index (κ2) is 7.19. The number of hydrogen-bond acceptors (Lipinski definition) is 4.